The Balaban J connectivity index is 0.000000405. The van der Waals surface area contributed by atoms with Crippen molar-refractivity contribution in [2.45, 2.75) is 12.8 Å². The smallest absolute Gasteiger partial charge is 0.362 e. The molecule has 0 unspecified atom stereocenters. The second-order valence-corrected chi connectivity index (χ2v) is 9.39. The van der Waals surface area contributed by atoms with Gasteiger partial charge in [-0.05, 0) is 52.6 Å². The highest BCUT2D eigenvalue weighted by atomic mass is 32.3. The van der Waals surface area contributed by atoms with Gasteiger partial charge >= 0.3 is 20.8 Å². The van der Waals surface area contributed by atoms with Crippen LogP contribution in [0, 0.1) is 0 Å². The number of hydrogen-bond donors (Lipinski definition) is 0. The van der Waals surface area contributed by atoms with Crippen LogP contribution in [-0.4, -0.2) is 31.1 Å². The first-order chi connectivity index (χ1) is 15.1. The molecule has 2 aromatic rings. The van der Waals surface area contributed by atoms with E-state index in [9.17, 15) is 16.8 Å². The van der Waals surface area contributed by atoms with Gasteiger partial charge in [0.05, 0.1) is 14.2 Å². The van der Waals surface area contributed by atoms with Gasteiger partial charge in [-0.15, -0.1) is 0 Å². The van der Waals surface area contributed by atoms with E-state index in [4.69, 9.17) is 8.37 Å². The minimum Gasteiger partial charge on any atom is -0.362 e. The van der Waals surface area contributed by atoms with Crippen LogP contribution >= 0.6 is 0 Å². The van der Waals surface area contributed by atoms with Gasteiger partial charge in [-0.25, -0.2) is 8.37 Å². The minimum absolute atomic E-state index is 0.0313. The third-order valence-corrected chi connectivity index (χ3v) is 6.29. The van der Waals surface area contributed by atoms with E-state index >= 15 is 0 Å². The summed E-state index contributed by atoms with van der Waals surface area (Å²) >= 11 is 0. The van der Waals surface area contributed by atoms with Crippen LogP contribution in [-0.2, 0) is 29.2 Å². The Kier molecular flexibility index (Phi) is 7.19. The van der Waals surface area contributed by atoms with Crippen molar-refractivity contribution in [3.8, 4) is 22.6 Å². The fourth-order valence-electron chi connectivity index (χ4n) is 2.80. The van der Waals surface area contributed by atoms with Gasteiger partial charge < -0.3 is 8.37 Å². The van der Waals surface area contributed by atoms with Crippen LogP contribution in [0.5, 0.6) is 11.5 Å². The van der Waals surface area contributed by atoms with Crippen LogP contribution < -0.4 is 8.37 Å². The van der Waals surface area contributed by atoms with Crippen molar-refractivity contribution in [1.29, 1.82) is 0 Å². The molecular formula is C22H22O8S2. The zero-order chi connectivity index (χ0) is 23.4. The lowest BCUT2D eigenvalue weighted by atomic mass is 9.93. The number of benzene rings is 3. The highest BCUT2D eigenvalue weighted by Gasteiger charge is 2.14. The molecule has 8 nitrogen and oxygen atoms in total. The van der Waals surface area contributed by atoms with Gasteiger partial charge in [0.2, 0.25) is 0 Å². The molecular weight excluding hydrogens is 456 g/mol. The predicted molar refractivity (Wildman–Crippen MR) is 119 cm³/mol. The van der Waals surface area contributed by atoms with Crippen LogP contribution in [0.25, 0.3) is 11.1 Å². The molecule has 2 aliphatic rings. The zero-order valence-corrected chi connectivity index (χ0v) is 19.2. The van der Waals surface area contributed by atoms with Gasteiger partial charge in [0.15, 0.2) is 0 Å². The fourth-order valence-corrected chi connectivity index (χ4v) is 3.63. The molecule has 2 aliphatic carbocycles. The Labute approximate surface area is 188 Å². The first-order valence-corrected chi connectivity index (χ1v) is 12.1. The van der Waals surface area contributed by atoms with Gasteiger partial charge in [0.1, 0.15) is 11.5 Å². The van der Waals surface area contributed by atoms with Gasteiger partial charge in [0.25, 0.3) is 0 Å². The van der Waals surface area contributed by atoms with E-state index in [1.807, 2.05) is 6.92 Å². The van der Waals surface area contributed by atoms with Crippen LogP contribution in [0.3, 0.4) is 0 Å². The molecule has 0 aliphatic heterocycles. The average Bonchev–Trinajstić information content (AvgIpc) is 3.38. The summed E-state index contributed by atoms with van der Waals surface area (Å²) in [4.78, 5) is 0. The SMILES string of the molecule is COS(=O)(=O)Oc1ccc(C(C)c2ccc(OS(=O)(=O)OC)cc2)cc1.c1cc2cc-2c1. The summed E-state index contributed by atoms with van der Waals surface area (Å²) in [6.07, 6.45) is 0. The van der Waals surface area contributed by atoms with Crippen LogP contribution in [0.1, 0.15) is 24.0 Å². The molecule has 0 aromatic heterocycles. The molecule has 10 heteroatoms. The summed E-state index contributed by atoms with van der Waals surface area (Å²) in [5.74, 6) is 0.240. The summed E-state index contributed by atoms with van der Waals surface area (Å²) < 4.78 is 62.9. The van der Waals surface area contributed by atoms with Crippen molar-refractivity contribution < 1.29 is 33.6 Å². The molecule has 4 rings (SSSR count). The van der Waals surface area contributed by atoms with E-state index in [1.54, 1.807) is 24.3 Å². The first-order valence-electron chi connectivity index (χ1n) is 9.43. The summed E-state index contributed by atoms with van der Waals surface area (Å²) in [6.45, 7) is 1.95. The molecule has 0 saturated carbocycles. The topological polar surface area (TPSA) is 105 Å². The van der Waals surface area contributed by atoms with Crippen molar-refractivity contribution in [1.82, 2.24) is 0 Å². The van der Waals surface area contributed by atoms with Crippen molar-refractivity contribution in [2.24, 2.45) is 0 Å². The zero-order valence-electron chi connectivity index (χ0n) is 17.6. The number of rotatable bonds is 8. The van der Waals surface area contributed by atoms with Gasteiger partial charge in [-0.2, -0.15) is 16.8 Å². The second kappa shape index (κ2) is 9.70. The van der Waals surface area contributed by atoms with Crippen molar-refractivity contribution in [3.63, 3.8) is 0 Å². The van der Waals surface area contributed by atoms with E-state index in [-0.39, 0.29) is 17.4 Å². The van der Waals surface area contributed by atoms with Crippen LogP contribution in [0.2, 0.25) is 0 Å². The van der Waals surface area contributed by atoms with E-state index < -0.39 is 20.8 Å². The summed E-state index contributed by atoms with van der Waals surface area (Å²) in [5.41, 5.74) is 4.67. The Morgan fingerprint density at radius 3 is 1.25 bits per heavy atom. The minimum atomic E-state index is -4.05. The highest BCUT2D eigenvalue weighted by Crippen LogP contribution is 2.32. The standard InChI is InChI=1S/C16H18O8S2.C6H4/c1-12(13-4-8-15(9-5-13)23-25(17,18)21-2)14-6-10-16(11-7-14)24-26(19,20)22-3;1-2-5-4-6(5)3-1/h4-12H,1-3H3;1-4H. The Morgan fingerprint density at radius 2 is 1.00 bits per heavy atom. The van der Waals surface area contributed by atoms with Crippen molar-refractivity contribution in [3.05, 3.63) is 83.9 Å². The van der Waals surface area contributed by atoms with Gasteiger partial charge in [-0.3, -0.25) is 0 Å². The fraction of sp³-hybridized carbons (Fsp3) is 0.182. The molecule has 0 saturated heterocycles. The summed E-state index contributed by atoms with van der Waals surface area (Å²) in [6, 6.07) is 21.5. The van der Waals surface area contributed by atoms with Crippen molar-refractivity contribution >= 4 is 20.8 Å². The third kappa shape index (κ3) is 6.54. The quantitative estimate of drug-likeness (QED) is 0.374. The maximum atomic E-state index is 11.3. The molecule has 0 spiro atoms. The van der Waals surface area contributed by atoms with Crippen LogP contribution in [0.15, 0.2) is 72.8 Å². The highest BCUT2D eigenvalue weighted by molar-refractivity contribution is 7.82. The van der Waals surface area contributed by atoms with Crippen molar-refractivity contribution in [2.75, 3.05) is 14.2 Å². The van der Waals surface area contributed by atoms with Gasteiger partial charge in [0, 0.05) is 5.92 Å². The normalized spacial score (nSPS) is 12.0. The molecule has 0 amide bonds. The summed E-state index contributed by atoms with van der Waals surface area (Å²) in [7, 11) is -6.08. The molecule has 0 radical (unpaired) electrons. The lowest BCUT2D eigenvalue weighted by molar-refractivity contribution is 0.329. The molecule has 0 heterocycles. The maximum Gasteiger partial charge on any atom is 0.448 e. The van der Waals surface area contributed by atoms with E-state index in [0.717, 1.165) is 25.3 Å². The molecule has 2 aromatic carbocycles. The summed E-state index contributed by atoms with van der Waals surface area (Å²) in [5, 5.41) is 0. The molecule has 0 fully saturated rings. The van der Waals surface area contributed by atoms with Crippen LogP contribution in [0.4, 0.5) is 0 Å². The number of hydrogen-bond acceptors (Lipinski definition) is 8. The Bertz CT molecular complexity index is 1170. The number of fused-ring (bicyclic) bond motifs is 1. The maximum absolute atomic E-state index is 11.3. The molecule has 0 atom stereocenters. The molecule has 0 bridgehead atoms. The monoisotopic (exact) mass is 478 g/mol. The van der Waals surface area contributed by atoms with E-state index in [0.29, 0.717) is 0 Å². The average molecular weight is 479 g/mol. The Morgan fingerprint density at radius 1 is 0.625 bits per heavy atom. The second-order valence-electron chi connectivity index (χ2n) is 6.76. The largest absolute Gasteiger partial charge is 0.448 e. The third-order valence-electron chi connectivity index (χ3n) is 4.68. The lowest BCUT2D eigenvalue weighted by Crippen LogP contribution is -2.10. The first kappa shape index (κ1) is 23.7. The Hall–Kier alpha value is -2.92. The predicted octanol–water partition coefficient (Wildman–Crippen LogP) is 4.05. The van der Waals surface area contributed by atoms with E-state index in [1.165, 1.54) is 35.4 Å². The lowest BCUT2D eigenvalue weighted by Gasteiger charge is -2.14. The molecule has 170 valence electrons. The van der Waals surface area contributed by atoms with E-state index in [2.05, 4.69) is 32.6 Å². The molecule has 0 N–H and O–H groups in total. The van der Waals surface area contributed by atoms with Gasteiger partial charge in [-0.1, -0.05) is 49.4 Å². The molecule has 32 heavy (non-hydrogen) atoms.